The summed E-state index contributed by atoms with van der Waals surface area (Å²) >= 11 is 5.64. The minimum Gasteiger partial charge on any atom is -0.399 e. The first-order valence-electron chi connectivity index (χ1n) is 5.38. The molecule has 0 fully saturated rings. The molecular formula is C12H12ClN3O2S. The number of nitrogens with two attached hydrogens (primary N) is 1. The number of anilines is 2. The van der Waals surface area contributed by atoms with Gasteiger partial charge >= 0.3 is 0 Å². The second kappa shape index (κ2) is 5.07. The van der Waals surface area contributed by atoms with Gasteiger partial charge in [0.2, 0.25) is 0 Å². The molecule has 5 nitrogen and oxygen atoms in total. The number of nitrogens with one attached hydrogen (secondary N) is 1. The first kappa shape index (κ1) is 13.6. The van der Waals surface area contributed by atoms with Crippen molar-refractivity contribution in [1.29, 1.82) is 0 Å². The Kier molecular flexibility index (Phi) is 3.64. The number of pyridine rings is 1. The Bertz CT molecular complexity index is 679. The Morgan fingerprint density at radius 2 is 2.00 bits per heavy atom. The van der Waals surface area contributed by atoms with E-state index < -0.39 is 10.0 Å². The Hall–Kier alpha value is -1.79. The molecular weight excluding hydrogens is 286 g/mol. The van der Waals surface area contributed by atoms with Crippen LogP contribution in [0.5, 0.6) is 0 Å². The lowest BCUT2D eigenvalue weighted by atomic mass is 10.2. The molecule has 1 heterocycles. The van der Waals surface area contributed by atoms with Crippen molar-refractivity contribution in [3.8, 4) is 0 Å². The number of benzene rings is 1. The Morgan fingerprint density at radius 1 is 1.26 bits per heavy atom. The summed E-state index contributed by atoms with van der Waals surface area (Å²) < 4.78 is 26.7. The highest BCUT2D eigenvalue weighted by Crippen LogP contribution is 2.20. The SMILES string of the molecule is Cc1cc(N)cc(S(=O)(=O)Nc2ccc(Cl)nc2)c1. The average Bonchev–Trinajstić information content (AvgIpc) is 2.31. The molecule has 0 unspecified atom stereocenters. The van der Waals surface area contributed by atoms with Crippen LogP contribution in [0.1, 0.15) is 5.56 Å². The van der Waals surface area contributed by atoms with E-state index in [9.17, 15) is 8.42 Å². The van der Waals surface area contributed by atoms with E-state index in [1.165, 1.54) is 24.4 Å². The van der Waals surface area contributed by atoms with Gasteiger partial charge in [-0.1, -0.05) is 11.6 Å². The number of sulfonamides is 1. The van der Waals surface area contributed by atoms with Crippen LogP contribution in [0.4, 0.5) is 11.4 Å². The van der Waals surface area contributed by atoms with Gasteiger partial charge < -0.3 is 5.73 Å². The molecule has 0 atom stereocenters. The van der Waals surface area contributed by atoms with Gasteiger partial charge in [-0.3, -0.25) is 4.72 Å². The third-order valence-electron chi connectivity index (χ3n) is 2.36. The smallest absolute Gasteiger partial charge is 0.262 e. The normalized spacial score (nSPS) is 11.3. The summed E-state index contributed by atoms with van der Waals surface area (Å²) in [5.74, 6) is 0. The van der Waals surface area contributed by atoms with E-state index >= 15 is 0 Å². The van der Waals surface area contributed by atoms with Crippen molar-refractivity contribution >= 4 is 33.0 Å². The first-order valence-corrected chi connectivity index (χ1v) is 7.24. The molecule has 2 aromatic rings. The van der Waals surface area contributed by atoms with Crippen molar-refractivity contribution in [3.63, 3.8) is 0 Å². The zero-order chi connectivity index (χ0) is 14.0. The van der Waals surface area contributed by atoms with E-state index in [0.717, 1.165) is 5.56 Å². The van der Waals surface area contributed by atoms with Crippen LogP contribution in [0.3, 0.4) is 0 Å². The maximum Gasteiger partial charge on any atom is 0.262 e. The molecule has 0 aliphatic carbocycles. The molecule has 0 saturated carbocycles. The number of rotatable bonds is 3. The van der Waals surface area contributed by atoms with Gasteiger partial charge in [0.05, 0.1) is 16.8 Å². The molecule has 0 saturated heterocycles. The fraction of sp³-hybridized carbons (Fsp3) is 0.0833. The quantitative estimate of drug-likeness (QED) is 0.673. The first-order chi connectivity index (χ1) is 8.87. The van der Waals surface area contributed by atoms with E-state index in [1.54, 1.807) is 19.1 Å². The van der Waals surface area contributed by atoms with Crippen molar-refractivity contribution in [3.05, 3.63) is 47.2 Å². The van der Waals surface area contributed by atoms with Gasteiger partial charge in [0.15, 0.2) is 0 Å². The summed E-state index contributed by atoms with van der Waals surface area (Å²) in [6, 6.07) is 7.68. The maximum absolute atomic E-state index is 12.2. The van der Waals surface area contributed by atoms with Crippen molar-refractivity contribution in [2.75, 3.05) is 10.5 Å². The Morgan fingerprint density at radius 3 is 2.58 bits per heavy atom. The monoisotopic (exact) mass is 297 g/mol. The van der Waals surface area contributed by atoms with Gasteiger partial charge in [0, 0.05) is 5.69 Å². The van der Waals surface area contributed by atoms with E-state index in [-0.39, 0.29) is 4.90 Å². The molecule has 0 bridgehead atoms. The van der Waals surface area contributed by atoms with Gasteiger partial charge in [-0.05, 0) is 42.8 Å². The predicted molar refractivity (Wildman–Crippen MR) is 75.6 cm³/mol. The number of nitrogens with zero attached hydrogens (tertiary/aromatic N) is 1. The minimum absolute atomic E-state index is 0.111. The molecule has 0 amide bonds. The van der Waals surface area contributed by atoms with Crippen molar-refractivity contribution in [1.82, 2.24) is 4.98 Å². The van der Waals surface area contributed by atoms with Crippen LogP contribution in [0.25, 0.3) is 0 Å². The van der Waals surface area contributed by atoms with Crippen LogP contribution in [0.15, 0.2) is 41.4 Å². The minimum atomic E-state index is -3.68. The third kappa shape index (κ3) is 3.36. The largest absolute Gasteiger partial charge is 0.399 e. The third-order valence-corrected chi connectivity index (χ3v) is 3.95. The number of hydrogen-bond acceptors (Lipinski definition) is 4. The van der Waals surface area contributed by atoms with Gasteiger partial charge in [-0.2, -0.15) is 0 Å². The van der Waals surface area contributed by atoms with E-state index in [4.69, 9.17) is 17.3 Å². The number of hydrogen-bond donors (Lipinski definition) is 2. The lowest BCUT2D eigenvalue weighted by molar-refractivity contribution is 0.601. The Labute approximate surface area is 116 Å². The zero-order valence-electron chi connectivity index (χ0n) is 10.1. The van der Waals surface area contributed by atoms with Gasteiger partial charge in [-0.25, -0.2) is 13.4 Å². The molecule has 3 N–H and O–H groups in total. The van der Waals surface area contributed by atoms with Gasteiger partial charge in [0.25, 0.3) is 10.0 Å². The second-order valence-electron chi connectivity index (χ2n) is 4.05. The highest BCUT2D eigenvalue weighted by Gasteiger charge is 2.15. The summed E-state index contributed by atoms with van der Waals surface area (Å²) in [5.41, 5.74) is 7.16. The molecule has 7 heteroatoms. The average molecular weight is 298 g/mol. The summed E-state index contributed by atoms with van der Waals surface area (Å²) in [5, 5.41) is 0.294. The van der Waals surface area contributed by atoms with Crippen LogP contribution in [-0.4, -0.2) is 13.4 Å². The lowest BCUT2D eigenvalue weighted by Crippen LogP contribution is -2.13. The molecule has 1 aromatic carbocycles. The van der Waals surface area contributed by atoms with Crippen LogP contribution >= 0.6 is 11.6 Å². The zero-order valence-corrected chi connectivity index (χ0v) is 11.7. The molecule has 100 valence electrons. The number of halogens is 1. The van der Waals surface area contributed by atoms with Crippen molar-refractivity contribution < 1.29 is 8.42 Å². The Balaban J connectivity index is 2.34. The number of nitrogen functional groups attached to an aromatic ring is 1. The molecule has 19 heavy (non-hydrogen) atoms. The fourth-order valence-electron chi connectivity index (χ4n) is 1.58. The summed E-state index contributed by atoms with van der Waals surface area (Å²) in [7, 11) is -3.68. The summed E-state index contributed by atoms with van der Waals surface area (Å²) in [4.78, 5) is 3.92. The highest BCUT2D eigenvalue weighted by atomic mass is 35.5. The summed E-state index contributed by atoms with van der Waals surface area (Å²) in [6.45, 7) is 1.78. The van der Waals surface area contributed by atoms with Crippen LogP contribution in [-0.2, 0) is 10.0 Å². The van der Waals surface area contributed by atoms with Crippen molar-refractivity contribution in [2.45, 2.75) is 11.8 Å². The lowest BCUT2D eigenvalue weighted by Gasteiger charge is -2.09. The number of aryl methyl sites for hydroxylation is 1. The molecule has 0 radical (unpaired) electrons. The van der Waals surface area contributed by atoms with Crippen molar-refractivity contribution in [2.24, 2.45) is 0 Å². The molecule has 0 aliphatic rings. The number of aromatic nitrogens is 1. The maximum atomic E-state index is 12.2. The van der Waals surface area contributed by atoms with Gasteiger partial charge in [-0.15, -0.1) is 0 Å². The standard InChI is InChI=1S/C12H12ClN3O2S/c1-8-4-9(14)6-11(5-8)19(17,18)16-10-2-3-12(13)15-7-10/h2-7,16H,14H2,1H3. The van der Waals surface area contributed by atoms with E-state index in [2.05, 4.69) is 9.71 Å². The fourth-order valence-corrected chi connectivity index (χ4v) is 2.87. The molecule has 1 aromatic heterocycles. The molecule has 0 spiro atoms. The predicted octanol–water partition coefficient (Wildman–Crippen LogP) is 2.43. The second-order valence-corrected chi connectivity index (χ2v) is 6.12. The van der Waals surface area contributed by atoms with Crippen LogP contribution < -0.4 is 10.5 Å². The summed E-state index contributed by atoms with van der Waals surface area (Å²) in [6.07, 6.45) is 1.35. The molecule has 0 aliphatic heterocycles. The molecule has 2 rings (SSSR count). The van der Waals surface area contributed by atoms with Crippen LogP contribution in [0, 0.1) is 6.92 Å². The highest BCUT2D eigenvalue weighted by molar-refractivity contribution is 7.92. The van der Waals surface area contributed by atoms with E-state index in [1.807, 2.05) is 0 Å². The topological polar surface area (TPSA) is 85.1 Å². The van der Waals surface area contributed by atoms with Crippen LogP contribution in [0.2, 0.25) is 5.15 Å². The van der Waals surface area contributed by atoms with E-state index in [0.29, 0.717) is 16.5 Å². The van der Waals surface area contributed by atoms with Gasteiger partial charge in [0.1, 0.15) is 5.15 Å².